The first kappa shape index (κ1) is 15.2. The number of benzene rings is 2. The van der Waals surface area contributed by atoms with E-state index in [4.69, 9.17) is 4.74 Å². The highest BCUT2D eigenvalue weighted by Crippen LogP contribution is 2.28. The Labute approximate surface area is 122 Å². The van der Waals surface area contributed by atoms with Crippen LogP contribution in [0.2, 0.25) is 0 Å². The van der Waals surface area contributed by atoms with Crippen LogP contribution in [0.15, 0.2) is 47.4 Å². The van der Waals surface area contributed by atoms with Crippen molar-refractivity contribution in [3.8, 4) is 11.5 Å². The number of ether oxygens (including phenoxy) is 1. The normalized spacial score (nSPS) is 11.2. The number of hydrogen-bond acceptors (Lipinski definition) is 4. The van der Waals surface area contributed by atoms with Gasteiger partial charge < -0.3 is 4.74 Å². The van der Waals surface area contributed by atoms with Gasteiger partial charge in [-0.15, -0.1) is 0 Å². The van der Waals surface area contributed by atoms with E-state index in [9.17, 15) is 17.6 Å². The van der Waals surface area contributed by atoms with Gasteiger partial charge in [0, 0.05) is 6.26 Å². The van der Waals surface area contributed by atoms with Crippen LogP contribution in [-0.2, 0) is 9.84 Å². The van der Waals surface area contributed by atoms with Crippen molar-refractivity contribution in [1.29, 1.82) is 0 Å². The van der Waals surface area contributed by atoms with Crippen molar-refractivity contribution in [3.05, 3.63) is 53.8 Å². The maximum Gasteiger partial charge on any atom is 0.175 e. The standard InChI is InChI=1S/C15H13FO4S/c1-10(17)15-13(16)4-3-5-14(15)20-11-6-8-12(9-7-11)21(2,18)19/h3-9H,1-2H3. The van der Waals surface area contributed by atoms with Gasteiger partial charge in [0.25, 0.3) is 0 Å². The van der Waals surface area contributed by atoms with Crippen molar-refractivity contribution in [1.82, 2.24) is 0 Å². The van der Waals surface area contributed by atoms with Crippen molar-refractivity contribution >= 4 is 15.6 Å². The Morgan fingerprint density at radius 2 is 1.71 bits per heavy atom. The van der Waals surface area contributed by atoms with Gasteiger partial charge in [0.15, 0.2) is 15.6 Å². The number of Topliss-reactive ketones (excluding diaryl/α,β-unsaturated/α-hetero) is 1. The average Bonchev–Trinajstić information content (AvgIpc) is 2.38. The van der Waals surface area contributed by atoms with Crippen molar-refractivity contribution in [2.45, 2.75) is 11.8 Å². The van der Waals surface area contributed by atoms with E-state index in [-0.39, 0.29) is 16.2 Å². The Balaban J connectivity index is 2.35. The summed E-state index contributed by atoms with van der Waals surface area (Å²) >= 11 is 0. The highest BCUT2D eigenvalue weighted by Gasteiger charge is 2.15. The minimum absolute atomic E-state index is 0.0922. The largest absolute Gasteiger partial charge is 0.457 e. The van der Waals surface area contributed by atoms with Crippen molar-refractivity contribution in [3.63, 3.8) is 0 Å². The van der Waals surface area contributed by atoms with Gasteiger partial charge in [-0.05, 0) is 43.3 Å². The Kier molecular flexibility index (Phi) is 4.09. The van der Waals surface area contributed by atoms with E-state index in [1.165, 1.54) is 49.4 Å². The third-order valence-electron chi connectivity index (χ3n) is 2.81. The highest BCUT2D eigenvalue weighted by atomic mass is 32.2. The van der Waals surface area contributed by atoms with Crippen LogP contribution in [0.5, 0.6) is 11.5 Å². The molecule has 0 spiro atoms. The molecule has 0 aliphatic rings. The van der Waals surface area contributed by atoms with Crippen LogP contribution in [0.4, 0.5) is 4.39 Å². The maximum absolute atomic E-state index is 13.6. The number of halogens is 1. The lowest BCUT2D eigenvalue weighted by Crippen LogP contribution is -2.01. The number of rotatable bonds is 4. The fourth-order valence-electron chi connectivity index (χ4n) is 1.81. The molecule has 2 aromatic carbocycles. The van der Waals surface area contributed by atoms with Crippen LogP contribution in [-0.4, -0.2) is 20.5 Å². The van der Waals surface area contributed by atoms with Gasteiger partial charge >= 0.3 is 0 Å². The third kappa shape index (κ3) is 3.46. The zero-order valence-electron chi connectivity index (χ0n) is 11.5. The average molecular weight is 308 g/mol. The predicted molar refractivity (Wildman–Crippen MR) is 76.0 cm³/mol. The molecular formula is C15H13FO4S. The second-order valence-corrected chi connectivity index (χ2v) is 6.53. The molecule has 0 saturated heterocycles. The van der Waals surface area contributed by atoms with Crippen LogP contribution in [0, 0.1) is 5.82 Å². The van der Waals surface area contributed by atoms with Gasteiger partial charge in [-0.1, -0.05) is 6.07 Å². The second kappa shape index (κ2) is 5.65. The number of carbonyl (C=O) groups is 1. The van der Waals surface area contributed by atoms with E-state index < -0.39 is 21.4 Å². The van der Waals surface area contributed by atoms with Gasteiger partial charge in [0.2, 0.25) is 0 Å². The lowest BCUT2D eigenvalue weighted by molar-refractivity contribution is 0.101. The summed E-state index contributed by atoms with van der Waals surface area (Å²) in [4.78, 5) is 11.6. The molecule has 2 aromatic rings. The summed E-state index contributed by atoms with van der Waals surface area (Å²) in [6.07, 6.45) is 1.10. The summed E-state index contributed by atoms with van der Waals surface area (Å²) in [5.74, 6) is -0.700. The number of ketones is 1. The lowest BCUT2D eigenvalue weighted by Gasteiger charge is -2.10. The van der Waals surface area contributed by atoms with Crippen molar-refractivity contribution < 1.29 is 22.3 Å². The smallest absolute Gasteiger partial charge is 0.175 e. The molecule has 0 N–H and O–H groups in total. The third-order valence-corrected chi connectivity index (χ3v) is 3.94. The molecule has 2 rings (SSSR count). The highest BCUT2D eigenvalue weighted by molar-refractivity contribution is 7.90. The fourth-order valence-corrected chi connectivity index (χ4v) is 2.44. The molecule has 4 nitrogen and oxygen atoms in total. The summed E-state index contributed by atoms with van der Waals surface area (Å²) in [6, 6.07) is 9.76. The van der Waals surface area contributed by atoms with Crippen molar-refractivity contribution in [2.24, 2.45) is 0 Å². The Bertz CT molecular complexity index is 780. The number of carbonyl (C=O) groups excluding carboxylic acids is 1. The number of hydrogen-bond donors (Lipinski definition) is 0. The summed E-state index contributed by atoms with van der Waals surface area (Å²) in [7, 11) is -3.29. The first-order chi connectivity index (χ1) is 9.79. The van der Waals surface area contributed by atoms with Crippen molar-refractivity contribution in [2.75, 3.05) is 6.26 Å². The Morgan fingerprint density at radius 3 is 2.24 bits per heavy atom. The SMILES string of the molecule is CC(=O)c1c(F)cccc1Oc1ccc(S(C)(=O)=O)cc1. The minimum atomic E-state index is -3.29. The van der Waals surface area contributed by atoms with E-state index in [2.05, 4.69) is 0 Å². The second-order valence-electron chi connectivity index (χ2n) is 4.51. The molecule has 0 radical (unpaired) electrons. The Hall–Kier alpha value is -2.21. The molecule has 0 aromatic heterocycles. The summed E-state index contributed by atoms with van der Waals surface area (Å²) in [6.45, 7) is 1.25. The van der Waals surface area contributed by atoms with Gasteiger partial charge in [-0.3, -0.25) is 4.79 Å². The molecule has 0 heterocycles. The fraction of sp³-hybridized carbons (Fsp3) is 0.133. The molecule has 0 aliphatic carbocycles. The molecule has 0 fully saturated rings. The first-order valence-corrected chi connectivity index (χ1v) is 7.95. The van der Waals surface area contributed by atoms with Gasteiger partial charge in [0.05, 0.1) is 10.5 Å². The van der Waals surface area contributed by atoms with E-state index in [1.807, 2.05) is 0 Å². The summed E-state index contributed by atoms with van der Waals surface area (Å²) < 4.78 is 41.8. The van der Waals surface area contributed by atoms with Gasteiger partial charge in [-0.2, -0.15) is 0 Å². The predicted octanol–water partition coefficient (Wildman–Crippen LogP) is 3.22. The van der Waals surface area contributed by atoms with Gasteiger partial charge in [-0.25, -0.2) is 12.8 Å². The lowest BCUT2D eigenvalue weighted by atomic mass is 10.1. The molecule has 6 heteroatoms. The molecule has 0 atom stereocenters. The topological polar surface area (TPSA) is 60.4 Å². The molecule has 110 valence electrons. The van der Waals surface area contributed by atoms with Crippen LogP contribution in [0.3, 0.4) is 0 Å². The first-order valence-electron chi connectivity index (χ1n) is 6.06. The molecule has 0 unspecified atom stereocenters. The molecular weight excluding hydrogens is 295 g/mol. The van der Waals surface area contributed by atoms with E-state index in [0.717, 1.165) is 6.26 Å². The van der Waals surface area contributed by atoms with Crippen LogP contribution < -0.4 is 4.74 Å². The monoisotopic (exact) mass is 308 g/mol. The molecule has 21 heavy (non-hydrogen) atoms. The summed E-state index contributed by atoms with van der Waals surface area (Å²) in [5, 5.41) is 0. The van der Waals surface area contributed by atoms with Crippen LogP contribution >= 0.6 is 0 Å². The zero-order valence-corrected chi connectivity index (χ0v) is 12.3. The Morgan fingerprint density at radius 1 is 1.10 bits per heavy atom. The molecule has 0 bridgehead atoms. The van der Waals surface area contributed by atoms with Crippen LogP contribution in [0.1, 0.15) is 17.3 Å². The number of sulfone groups is 1. The quantitative estimate of drug-likeness (QED) is 0.814. The van der Waals surface area contributed by atoms with Gasteiger partial charge in [0.1, 0.15) is 17.3 Å². The molecule has 0 saturated carbocycles. The summed E-state index contributed by atoms with van der Waals surface area (Å²) in [5.41, 5.74) is -0.135. The van der Waals surface area contributed by atoms with E-state index >= 15 is 0 Å². The van der Waals surface area contributed by atoms with E-state index in [1.54, 1.807) is 0 Å². The van der Waals surface area contributed by atoms with E-state index in [0.29, 0.717) is 5.75 Å². The maximum atomic E-state index is 13.6. The minimum Gasteiger partial charge on any atom is -0.457 e. The molecule has 0 amide bonds. The zero-order chi connectivity index (χ0) is 15.6. The molecule has 0 aliphatic heterocycles. The van der Waals surface area contributed by atoms with Crippen LogP contribution in [0.25, 0.3) is 0 Å².